The number of aldehydes is 2. The SMILES string of the molecule is COc1ccc(N2CC(C=O)(C=O)C(=O)N2)cc1. The van der Waals surface area contributed by atoms with E-state index in [-0.39, 0.29) is 6.54 Å². The standard InChI is InChI=1S/C12H12N2O4/c1-18-10-4-2-9(3-5-10)14-6-12(7-15,8-16)11(17)13-14/h2-5,7-8H,6H2,1H3,(H,13,17). The Morgan fingerprint density at radius 3 is 2.33 bits per heavy atom. The van der Waals surface area contributed by atoms with Crippen molar-refractivity contribution in [3.63, 3.8) is 0 Å². The topological polar surface area (TPSA) is 75.7 Å². The molecule has 94 valence electrons. The van der Waals surface area contributed by atoms with Gasteiger partial charge in [0.2, 0.25) is 0 Å². The normalized spacial score (nSPS) is 17.2. The fraction of sp³-hybridized carbons (Fsp3) is 0.250. The number of amides is 1. The summed E-state index contributed by atoms with van der Waals surface area (Å²) in [5, 5.41) is 1.46. The summed E-state index contributed by atoms with van der Waals surface area (Å²) in [4.78, 5) is 33.4. The highest BCUT2D eigenvalue weighted by molar-refractivity contribution is 6.13. The molecule has 0 atom stereocenters. The third kappa shape index (κ3) is 1.81. The summed E-state index contributed by atoms with van der Waals surface area (Å²) in [6, 6.07) is 6.90. The lowest BCUT2D eigenvalue weighted by molar-refractivity contribution is -0.137. The number of hydrogen-bond donors (Lipinski definition) is 1. The van der Waals surface area contributed by atoms with Crippen molar-refractivity contribution < 1.29 is 19.1 Å². The summed E-state index contributed by atoms with van der Waals surface area (Å²) in [7, 11) is 1.55. The highest BCUT2D eigenvalue weighted by Gasteiger charge is 2.46. The molecule has 1 N–H and O–H groups in total. The largest absolute Gasteiger partial charge is 0.497 e. The second-order valence-electron chi connectivity index (χ2n) is 4.00. The predicted octanol–water partition coefficient (Wildman–Crippen LogP) is -0.0694. The molecule has 1 heterocycles. The van der Waals surface area contributed by atoms with Crippen LogP contribution in [0.5, 0.6) is 5.75 Å². The van der Waals surface area contributed by atoms with Crippen LogP contribution in [0, 0.1) is 5.41 Å². The Kier molecular flexibility index (Phi) is 3.01. The van der Waals surface area contributed by atoms with E-state index in [0.29, 0.717) is 24.0 Å². The van der Waals surface area contributed by atoms with Crippen LogP contribution < -0.4 is 15.2 Å². The van der Waals surface area contributed by atoms with Gasteiger partial charge in [-0.25, -0.2) is 0 Å². The van der Waals surface area contributed by atoms with E-state index in [9.17, 15) is 14.4 Å². The van der Waals surface area contributed by atoms with Crippen molar-refractivity contribution in [1.82, 2.24) is 5.43 Å². The highest BCUT2D eigenvalue weighted by atomic mass is 16.5. The molecule has 1 aliphatic rings. The Labute approximate surface area is 103 Å². The molecular formula is C12H12N2O4. The Morgan fingerprint density at radius 1 is 1.28 bits per heavy atom. The summed E-state index contributed by atoms with van der Waals surface area (Å²) in [5.41, 5.74) is 1.56. The molecule has 0 aromatic heterocycles. The summed E-state index contributed by atoms with van der Waals surface area (Å²) in [6.45, 7) is -0.00877. The molecule has 6 nitrogen and oxygen atoms in total. The van der Waals surface area contributed by atoms with Crippen LogP contribution in [0.2, 0.25) is 0 Å². The van der Waals surface area contributed by atoms with Gasteiger partial charge in [0, 0.05) is 0 Å². The molecule has 1 amide bonds. The third-order valence-electron chi connectivity index (χ3n) is 2.88. The van der Waals surface area contributed by atoms with Crippen molar-refractivity contribution in [1.29, 1.82) is 0 Å². The first kappa shape index (κ1) is 12.1. The van der Waals surface area contributed by atoms with E-state index >= 15 is 0 Å². The molecule has 1 aromatic carbocycles. The third-order valence-corrected chi connectivity index (χ3v) is 2.88. The maximum absolute atomic E-state index is 11.6. The second kappa shape index (κ2) is 4.48. The lowest BCUT2D eigenvalue weighted by Crippen LogP contribution is -2.35. The Balaban J connectivity index is 2.23. The number of methoxy groups -OCH3 is 1. The van der Waals surface area contributed by atoms with Crippen LogP contribution in [-0.4, -0.2) is 32.1 Å². The fourth-order valence-electron chi connectivity index (χ4n) is 1.73. The minimum absolute atomic E-state index is 0.00877. The van der Waals surface area contributed by atoms with Gasteiger partial charge >= 0.3 is 0 Å². The van der Waals surface area contributed by atoms with Crippen molar-refractivity contribution in [2.75, 3.05) is 18.7 Å². The van der Waals surface area contributed by atoms with Gasteiger partial charge in [-0.05, 0) is 24.3 Å². The zero-order chi connectivity index (χ0) is 13.2. The number of anilines is 1. The molecule has 2 rings (SSSR count). The van der Waals surface area contributed by atoms with Gasteiger partial charge in [-0.3, -0.25) is 15.2 Å². The Hall–Kier alpha value is -2.37. The van der Waals surface area contributed by atoms with E-state index in [1.165, 1.54) is 5.01 Å². The maximum Gasteiger partial charge on any atom is 0.261 e. The van der Waals surface area contributed by atoms with E-state index in [4.69, 9.17) is 4.74 Å². The number of hydrogen-bond acceptors (Lipinski definition) is 5. The number of nitrogens with one attached hydrogen (secondary N) is 1. The smallest absolute Gasteiger partial charge is 0.261 e. The van der Waals surface area contributed by atoms with Crippen molar-refractivity contribution in [2.45, 2.75) is 0 Å². The highest BCUT2D eigenvalue weighted by Crippen LogP contribution is 2.26. The van der Waals surface area contributed by atoms with Crippen LogP contribution >= 0.6 is 0 Å². The van der Waals surface area contributed by atoms with Crippen LogP contribution in [0.3, 0.4) is 0 Å². The molecule has 1 fully saturated rings. The number of rotatable bonds is 4. The monoisotopic (exact) mass is 248 g/mol. The first-order valence-electron chi connectivity index (χ1n) is 5.30. The average molecular weight is 248 g/mol. The second-order valence-corrected chi connectivity index (χ2v) is 4.00. The lowest BCUT2D eigenvalue weighted by atomic mass is 9.92. The summed E-state index contributed by atoms with van der Waals surface area (Å²) < 4.78 is 5.02. The molecule has 0 radical (unpaired) electrons. The van der Waals surface area contributed by atoms with E-state index < -0.39 is 11.3 Å². The Morgan fingerprint density at radius 2 is 1.89 bits per heavy atom. The van der Waals surface area contributed by atoms with E-state index in [1.807, 2.05) is 0 Å². The van der Waals surface area contributed by atoms with Crippen molar-refractivity contribution in [3.8, 4) is 5.75 Å². The molecule has 0 bridgehead atoms. The van der Waals surface area contributed by atoms with Crippen LogP contribution in [0.1, 0.15) is 0 Å². The van der Waals surface area contributed by atoms with E-state index in [2.05, 4.69) is 5.43 Å². The van der Waals surface area contributed by atoms with Gasteiger partial charge in [0.1, 0.15) is 18.3 Å². The number of hydrazine groups is 1. The van der Waals surface area contributed by atoms with Gasteiger partial charge in [-0.1, -0.05) is 0 Å². The molecule has 0 spiro atoms. The number of ether oxygens (including phenoxy) is 1. The molecule has 18 heavy (non-hydrogen) atoms. The zero-order valence-electron chi connectivity index (χ0n) is 9.75. The number of benzene rings is 1. The van der Waals surface area contributed by atoms with E-state index in [1.54, 1.807) is 31.4 Å². The minimum atomic E-state index is -1.61. The minimum Gasteiger partial charge on any atom is -0.497 e. The van der Waals surface area contributed by atoms with Crippen LogP contribution in [0.25, 0.3) is 0 Å². The molecule has 0 aliphatic carbocycles. The van der Waals surface area contributed by atoms with Crippen LogP contribution in [0.4, 0.5) is 5.69 Å². The number of carbonyl (C=O) groups is 3. The molecule has 6 heteroatoms. The predicted molar refractivity (Wildman–Crippen MR) is 63.0 cm³/mol. The summed E-state index contributed by atoms with van der Waals surface area (Å²) in [6.07, 6.45) is 0.748. The van der Waals surface area contributed by atoms with Crippen molar-refractivity contribution in [3.05, 3.63) is 24.3 Å². The van der Waals surface area contributed by atoms with E-state index in [0.717, 1.165) is 0 Å². The Bertz CT molecular complexity index is 475. The number of nitrogens with zero attached hydrogens (tertiary/aromatic N) is 1. The summed E-state index contributed by atoms with van der Waals surface area (Å²) in [5.74, 6) is 0.0737. The quantitative estimate of drug-likeness (QED) is 0.596. The van der Waals surface area contributed by atoms with Gasteiger partial charge in [0.15, 0.2) is 5.41 Å². The number of carbonyl (C=O) groups excluding carboxylic acids is 3. The van der Waals surface area contributed by atoms with Gasteiger partial charge in [0.05, 0.1) is 19.3 Å². The van der Waals surface area contributed by atoms with Gasteiger partial charge < -0.3 is 14.3 Å². The maximum atomic E-state index is 11.6. The first-order chi connectivity index (χ1) is 8.65. The molecule has 1 aliphatic heterocycles. The first-order valence-corrected chi connectivity index (χ1v) is 5.30. The van der Waals surface area contributed by atoms with Crippen molar-refractivity contribution in [2.24, 2.45) is 5.41 Å². The molecule has 0 unspecified atom stereocenters. The molecular weight excluding hydrogens is 236 g/mol. The van der Waals surface area contributed by atoms with Crippen LogP contribution in [0.15, 0.2) is 24.3 Å². The van der Waals surface area contributed by atoms with Gasteiger partial charge in [-0.2, -0.15) is 0 Å². The van der Waals surface area contributed by atoms with Gasteiger partial charge in [-0.15, -0.1) is 0 Å². The zero-order valence-corrected chi connectivity index (χ0v) is 9.75. The average Bonchev–Trinajstić information content (AvgIpc) is 2.76. The fourth-order valence-corrected chi connectivity index (χ4v) is 1.73. The molecule has 0 saturated carbocycles. The van der Waals surface area contributed by atoms with Crippen LogP contribution in [-0.2, 0) is 14.4 Å². The molecule has 1 saturated heterocycles. The lowest BCUT2D eigenvalue weighted by Gasteiger charge is -2.18. The molecule has 1 aromatic rings. The summed E-state index contributed by atoms with van der Waals surface area (Å²) >= 11 is 0. The van der Waals surface area contributed by atoms with Gasteiger partial charge in [0.25, 0.3) is 5.91 Å². The van der Waals surface area contributed by atoms with Crippen molar-refractivity contribution >= 4 is 24.2 Å².